The standard InChI is InChI=1S/C16H21FINO2/c1-11-4-2-3-5-15(11)21-9-8-19-16(20)13-7-6-12(17)10-14(13)18/h6-7,10-11,15H,2-5,8-9H2,1H3,(H,19,20)/t11-,15+/m1/s1. The molecule has 1 saturated carbocycles. The highest BCUT2D eigenvalue weighted by Gasteiger charge is 2.21. The molecule has 21 heavy (non-hydrogen) atoms. The van der Waals surface area contributed by atoms with Crippen LogP contribution in [0.5, 0.6) is 0 Å². The number of ether oxygens (including phenoxy) is 1. The maximum Gasteiger partial charge on any atom is 0.252 e. The van der Waals surface area contributed by atoms with Gasteiger partial charge in [-0.3, -0.25) is 4.79 Å². The van der Waals surface area contributed by atoms with Crippen molar-refractivity contribution in [1.29, 1.82) is 0 Å². The summed E-state index contributed by atoms with van der Waals surface area (Å²) in [6.07, 6.45) is 5.19. The van der Waals surface area contributed by atoms with Crippen LogP contribution in [0.2, 0.25) is 0 Å². The summed E-state index contributed by atoms with van der Waals surface area (Å²) in [4.78, 5) is 12.0. The number of carbonyl (C=O) groups is 1. The lowest BCUT2D eigenvalue weighted by Crippen LogP contribution is -2.32. The molecule has 1 aromatic rings. The van der Waals surface area contributed by atoms with Crippen molar-refractivity contribution in [3.63, 3.8) is 0 Å². The van der Waals surface area contributed by atoms with Gasteiger partial charge in [0.25, 0.3) is 5.91 Å². The highest BCUT2D eigenvalue weighted by Crippen LogP contribution is 2.26. The number of amides is 1. The third-order valence-corrected chi connectivity index (χ3v) is 4.82. The molecule has 2 rings (SSSR count). The SMILES string of the molecule is C[C@@H]1CCCC[C@@H]1OCCNC(=O)c1ccc(F)cc1I. The molecule has 3 nitrogen and oxygen atoms in total. The third kappa shape index (κ3) is 4.92. The Bertz CT molecular complexity index is 495. The Morgan fingerprint density at radius 1 is 1.43 bits per heavy atom. The Hall–Kier alpha value is -0.690. The van der Waals surface area contributed by atoms with Gasteiger partial charge >= 0.3 is 0 Å². The second kappa shape index (κ2) is 8.08. The van der Waals surface area contributed by atoms with Crippen molar-refractivity contribution in [3.05, 3.63) is 33.1 Å². The normalized spacial score (nSPS) is 22.0. The number of benzene rings is 1. The van der Waals surface area contributed by atoms with Gasteiger partial charge in [-0.15, -0.1) is 0 Å². The lowest BCUT2D eigenvalue weighted by Gasteiger charge is -2.28. The predicted molar refractivity (Wildman–Crippen MR) is 88.8 cm³/mol. The number of hydrogen-bond acceptors (Lipinski definition) is 2. The van der Waals surface area contributed by atoms with Gasteiger partial charge in [0.1, 0.15) is 5.82 Å². The molecule has 0 aliphatic heterocycles. The molecule has 1 amide bonds. The van der Waals surface area contributed by atoms with Crippen molar-refractivity contribution in [2.75, 3.05) is 13.2 Å². The Morgan fingerprint density at radius 2 is 2.19 bits per heavy atom. The number of hydrogen-bond donors (Lipinski definition) is 1. The van der Waals surface area contributed by atoms with Crippen molar-refractivity contribution in [1.82, 2.24) is 5.32 Å². The minimum atomic E-state index is -0.328. The van der Waals surface area contributed by atoms with E-state index in [-0.39, 0.29) is 11.7 Å². The second-order valence-corrected chi connectivity index (χ2v) is 6.71. The van der Waals surface area contributed by atoms with Gasteiger partial charge in [-0.2, -0.15) is 0 Å². The Balaban J connectivity index is 1.74. The van der Waals surface area contributed by atoms with E-state index in [0.717, 1.165) is 6.42 Å². The lowest BCUT2D eigenvalue weighted by atomic mass is 9.88. The summed E-state index contributed by atoms with van der Waals surface area (Å²) in [6.45, 7) is 3.23. The molecule has 0 saturated heterocycles. The molecule has 0 spiro atoms. The van der Waals surface area contributed by atoms with Crippen LogP contribution in [0.25, 0.3) is 0 Å². The number of carbonyl (C=O) groups excluding carboxylic acids is 1. The first-order valence-corrected chi connectivity index (χ1v) is 8.50. The molecule has 0 heterocycles. The Kier molecular flexibility index (Phi) is 6.41. The average molecular weight is 405 g/mol. The quantitative estimate of drug-likeness (QED) is 0.599. The van der Waals surface area contributed by atoms with E-state index in [1.165, 1.54) is 37.5 Å². The first-order chi connectivity index (χ1) is 10.1. The molecule has 1 aromatic carbocycles. The predicted octanol–water partition coefficient (Wildman–Crippen LogP) is 3.76. The van der Waals surface area contributed by atoms with Crippen LogP contribution in [0.15, 0.2) is 18.2 Å². The fraction of sp³-hybridized carbons (Fsp3) is 0.562. The van der Waals surface area contributed by atoms with E-state index in [4.69, 9.17) is 4.74 Å². The summed E-state index contributed by atoms with van der Waals surface area (Å²) in [5.41, 5.74) is 0.503. The van der Waals surface area contributed by atoms with E-state index in [1.54, 1.807) is 0 Å². The van der Waals surface area contributed by atoms with Crippen LogP contribution in [0.1, 0.15) is 43.0 Å². The number of nitrogens with one attached hydrogen (secondary N) is 1. The van der Waals surface area contributed by atoms with Crippen molar-refractivity contribution < 1.29 is 13.9 Å². The fourth-order valence-corrected chi connectivity index (χ4v) is 3.40. The van der Waals surface area contributed by atoms with E-state index in [2.05, 4.69) is 12.2 Å². The molecule has 116 valence electrons. The monoisotopic (exact) mass is 405 g/mol. The molecular formula is C16H21FINO2. The van der Waals surface area contributed by atoms with Crippen molar-refractivity contribution in [3.8, 4) is 0 Å². The van der Waals surface area contributed by atoms with Crippen molar-refractivity contribution in [2.24, 2.45) is 5.92 Å². The van der Waals surface area contributed by atoms with Gasteiger partial charge in [0.05, 0.1) is 18.3 Å². The minimum absolute atomic E-state index is 0.181. The van der Waals surface area contributed by atoms with E-state index in [1.807, 2.05) is 22.6 Å². The molecule has 1 N–H and O–H groups in total. The molecule has 1 aliphatic carbocycles. The van der Waals surface area contributed by atoms with Gasteiger partial charge in [-0.25, -0.2) is 4.39 Å². The molecule has 0 unspecified atom stereocenters. The zero-order chi connectivity index (χ0) is 15.2. The Morgan fingerprint density at radius 3 is 2.90 bits per heavy atom. The van der Waals surface area contributed by atoms with Gasteiger partial charge in [-0.1, -0.05) is 19.8 Å². The lowest BCUT2D eigenvalue weighted by molar-refractivity contribution is -0.00294. The number of halogens is 2. The van der Waals surface area contributed by atoms with Gasteiger partial charge in [0.15, 0.2) is 0 Å². The highest BCUT2D eigenvalue weighted by molar-refractivity contribution is 14.1. The molecule has 0 bridgehead atoms. The summed E-state index contributed by atoms with van der Waals surface area (Å²) in [7, 11) is 0. The van der Waals surface area contributed by atoms with E-state index < -0.39 is 0 Å². The van der Waals surface area contributed by atoms with Crippen LogP contribution in [-0.2, 0) is 4.74 Å². The smallest absolute Gasteiger partial charge is 0.252 e. The Labute approximate surface area is 138 Å². The number of rotatable bonds is 5. The van der Waals surface area contributed by atoms with Crippen LogP contribution in [0.3, 0.4) is 0 Å². The molecule has 0 aromatic heterocycles. The molecule has 5 heteroatoms. The summed E-state index contributed by atoms with van der Waals surface area (Å²) < 4.78 is 19.5. The zero-order valence-corrected chi connectivity index (χ0v) is 14.4. The van der Waals surface area contributed by atoms with Crippen LogP contribution in [0.4, 0.5) is 4.39 Å². The van der Waals surface area contributed by atoms with E-state index in [0.29, 0.717) is 34.3 Å². The van der Waals surface area contributed by atoms with Gasteiger partial charge in [0, 0.05) is 10.1 Å². The topological polar surface area (TPSA) is 38.3 Å². The summed E-state index contributed by atoms with van der Waals surface area (Å²) in [5, 5.41) is 2.82. The average Bonchev–Trinajstić information content (AvgIpc) is 2.45. The van der Waals surface area contributed by atoms with Crippen molar-refractivity contribution >= 4 is 28.5 Å². The molecule has 1 fully saturated rings. The maximum absolute atomic E-state index is 13.0. The zero-order valence-electron chi connectivity index (χ0n) is 12.2. The summed E-state index contributed by atoms with van der Waals surface area (Å²) >= 11 is 1.97. The van der Waals surface area contributed by atoms with Crippen LogP contribution < -0.4 is 5.32 Å². The van der Waals surface area contributed by atoms with Gasteiger partial charge in [0.2, 0.25) is 0 Å². The van der Waals surface area contributed by atoms with Crippen LogP contribution in [-0.4, -0.2) is 25.2 Å². The fourth-order valence-electron chi connectivity index (χ4n) is 2.67. The van der Waals surface area contributed by atoms with E-state index >= 15 is 0 Å². The summed E-state index contributed by atoms with van der Waals surface area (Å²) in [6, 6.07) is 4.17. The van der Waals surface area contributed by atoms with Crippen molar-refractivity contribution in [2.45, 2.75) is 38.7 Å². The first kappa shape index (κ1) is 16.7. The maximum atomic E-state index is 13.0. The summed E-state index contributed by atoms with van der Waals surface area (Å²) in [5.74, 6) is 0.0951. The molecular weight excluding hydrogens is 384 g/mol. The minimum Gasteiger partial charge on any atom is -0.376 e. The third-order valence-electron chi connectivity index (χ3n) is 3.93. The molecule has 2 atom stereocenters. The highest BCUT2D eigenvalue weighted by atomic mass is 127. The first-order valence-electron chi connectivity index (χ1n) is 7.43. The van der Waals surface area contributed by atoms with Crippen LogP contribution in [0, 0.1) is 15.3 Å². The second-order valence-electron chi connectivity index (χ2n) is 5.55. The largest absolute Gasteiger partial charge is 0.376 e. The molecule has 0 radical (unpaired) electrons. The van der Waals surface area contributed by atoms with Gasteiger partial charge in [-0.05, 0) is 59.5 Å². The van der Waals surface area contributed by atoms with Gasteiger partial charge < -0.3 is 10.1 Å². The van der Waals surface area contributed by atoms with E-state index in [9.17, 15) is 9.18 Å². The van der Waals surface area contributed by atoms with Crippen LogP contribution >= 0.6 is 22.6 Å². The molecule has 1 aliphatic rings.